The van der Waals surface area contributed by atoms with Crippen molar-refractivity contribution in [2.75, 3.05) is 20.8 Å². The van der Waals surface area contributed by atoms with E-state index in [9.17, 15) is 0 Å². The molecule has 0 amide bonds. The molecule has 15 heavy (non-hydrogen) atoms. The maximum Gasteiger partial charge on any atom is 0.0618 e. The van der Waals surface area contributed by atoms with Crippen LogP contribution in [-0.2, 0) is 11.2 Å². The maximum absolute atomic E-state index is 5.97. The van der Waals surface area contributed by atoms with Crippen molar-refractivity contribution >= 4 is 11.6 Å². The van der Waals surface area contributed by atoms with Gasteiger partial charge in [0.2, 0.25) is 0 Å². The number of rotatable bonds is 5. The monoisotopic (exact) mass is 227 g/mol. The number of halogens is 1. The summed E-state index contributed by atoms with van der Waals surface area (Å²) in [5, 5.41) is 4.05. The van der Waals surface area contributed by atoms with Gasteiger partial charge in [-0.15, -0.1) is 0 Å². The van der Waals surface area contributed by atoms with Crippen LogP contribution >= 0.6 is 11.6 Å². The van der Waals surface area contributed by atoms with Crippen LogP contribution in [0.4, 0.5) is 0 Å². The third-order valence-corrected chi connectivity index (χ3v) is 2.90. The first-order chi connectivity index (χ1) is 7.17. The van der Waals surface area contributed by atoms with Crippen molar-refractivity contribution in [2.24, 2.45) is 0 Å². The fourth-order valence-electron chi connectivity index (χ4n) is 1.56. The van der Waals surface area contributed by atoms with Crippen LogP contribution in [0.25, 0.3) is 0 Å². The average molecular weight is 228 g/mol. The molecule has 1 unspecified atom stereocenters. The molecule has 2 nitrogen and oxygen atoms in total. The van der Waals surface area contributed by atoms with E-state index in [0.717, 1.165) is 23.6 Å². The zero-order valence-corrected chi connectivity index (χ0v) is 10.3. The molecule has 1 rings (SSSR count). The molecule has 0 aromatic heterocycles. The van der Waals surface area contributed by atoms with Gasteiger partial charge < -0.3 is 10.1 Å². The standard InChI is InChI=1S/C12H18ClNO/c1-9-6-10(4-5-12(9)13)7-11(14-2)8-15-3/h4-6,11,14H,7-8H2,1-3H3. The van der Waals surface area contributed by atoms with E-state index in [1.54, 1.807) is 7.11 Å². The molecular weight excluding hydrogens is 210 g/mol. The number of ether oxygens (including phenoxy) is 1. The summed E-state index contributed by atoms with van der Waals surface area (Å²) in [7, 11) is 3.67. The van der Waals surface area contributed by atoms with E-state index < -0.39 is 0 Å². The van der Waals surface area contributed by atoms with Gasteiger partial charge in [-0.2, -0.15) is 0 Å². The number of hydrogen-bond acceptors (Lipinski definition) is 2. The topological polar surface area (TPSA) is 21.3 Å². The largest absolute Gasteiger partial charge is 0.383 e. The van der Waals surface area contributed by atoms with Gasteiger partial charge in [-0.05, 0) is 37.6 Å². The fourth-order valence-corrected chi connectivity index (χ4v) is 1.68. The predicted molar refractivity (Wildman–Crippen MR) is 64.6 cm³/mol. The molecule has 0 radical (unpaired) electrons. The number of nitrogens with one attached hydrogen (secondary N) is 1. The Morgan fingerprint density at radius 1 is 1.47 bits per heavy atom. The number of methoxy groups -OCH3 is 1. The Morgan fingerprint density at radius 2 is 2.20 bits per heavy atom. The van der Waals surface area contributed by atoms with E-state index in [1.165, 1.54) is 5.56 Å². The van der Waals surface area contributed by atoms with Gasteiger partial charge in [-0.25, -0.2) is 0 Å². The summed E-state index contributed by atoms with van der Waals surface area (Å²) in [6, 6.07) is 6.50. The van der Waals surface area contributed by atoms with Gasteiger partial charge in [0, 0.05) is 18.2 Å². The molecule has 0 aliphatic heterocycles. The molecule has 0 saturated carbocycles. The molecule has 0 saturated heterocycles. The lowest BCUT2D eigenvalue weighted by molar-refractivity contribution is 0.169. The zero-order valence-electron chi connectivity index (χ0n) is 9.51. The van der Waals surface area contributed by atoms with Gasteiger partial charge in [0.1, 0.15) is 0 Å². The molecule has 0 fully saturated rings. The van der Waals surface area contributed by atoms with Crippen LogP contribution < -0.4 is 5.32 Å². The van der Waals surface area contributed by atoms with Crippen molar-refractivity contribution < 1.29 is 4.74 Å². The highest BCUT2D eigenvalue weighted by molar-refractivity contribution is 6.31. The quantitative estimate of drug-likeness (QED) is 0.834. The molecular formula is C12H18ClNO. The molecule has 1 aromatic carbocycles. The highest BCUT2D eigenvalue weighted by atomic mass is 35.5. The summed E-state index contributed by atoms with van der Waals surface area (Å²) in [5.74, 6) is 0. The smallest absolute Gasteiger partial charge is 0.0618 e. The minimum absolute atomic E-state index is 0.357. The molecule has 0 heterocycles. The van der Waals surface area contributed by atoms with E-state index >= 15 is 0 Å². The lowest BCUT2D eigenvalue weighted by Gasteiger charge is -2.15. The summed E-state index contributed by atoms with van der Waals surface area (Å²) < 4.78 is 5.13. The second kappa shape index (κ2) is 6.11. The number of aryl methyl sites for hydroxylation is 1. The molecule has 1 atom stereocenters. The van der Waals surface area contributed by atoms with Crippen LogP contribution in [-0.4, -0.2) is 26.8 Å². The minimum Gasteiger partial charge on any atom is -0.383 e. The van der Waals surface area contributed by atoms with E-state index in [2.05, 4.69) is 17.4 Å². The highest BCUT2D eigenvalue weighted by Crippen LogP contribution is 2.17. The summed E-state index contributed by atoms with van der Waals surface area (Å²) >= 11 is 5.97. The van der Waals surface area contributed by atoms with Crippen molar-refractivity contribution in [3.63, 3.8) is 0 Å². The summed E-state index contributed by atoms with van der Waals surface area (Å²) in [6.45, 7) is 2.74. The summed E-state index contributed by atoms with van der Waals surface area (Å²) in [4.78, 5) is 0. The zero-order chi connectivity index (χ0) is 11.3. The molecule has 1 aromatic rings. The highest BCUT2D eigenvalue weighted by Gasteiger charge is 2.07. The van der Waals surface area contributed by atoms with Crippen molar-refractivity contribution in [3.05, 3.63) is 34.3 Å². The maximum atomic E-state index is 5.97. The lowest BCUT2D eigenvalue weighted by atomic mass is 10.0. The predicted octanol–water partition coefficient (Wildman–Crippen LogP) is 2.43. The summed E-state index contributed by atoms with van der Waals surface area (Å²) in [6.07, 6.45) is 0.961. The SMILES string of the molecule is CNC(COC)Cc1ccc(Cl)c(C)c1. The number of hydrogen-bond donors (Lipinski definition) is 1. The summed E-state index contributed by atoms with van der Waals surface area (Å²) in [5.41, 5.74) is 2.41. The Labute approximate surface area is 96.6 Å². The van der Waals surface area contributed by atoms with Gasteiger partial charge in [-0.1, -0.05) is 23.7 Å². The Hall–Kier alpha value is -0.570. The third-order valence-electron chi connectivity index (χ3n) is 2.48. The van der Waals surface area contributed by atoms with Gasteiger partial charge in [0.25, 0.3) is 0 Å². The first-order valence-corrected chi connectivity index (χ1v) is 5.46. The van der Waals surface area contributed by atoms with Gasteiger partial charge in [0.05, 0.1) is 6.61 Å². The van der Waals surface area contributed by atoms with Crippen LogP contribution in [0.15, 0.2) is 18.2 Å². The van der Waals surface area contributed by atoms with E-state index in [-0.39, 0.29) is 0 Å². The van der Waals surface area contributed by atoms with Crippen LogP contribution in [0.2, 0.25) is 5.02 Å². The first kappa shape index (κ1) is 12.5. The van der Waals surface area contributed by atoms with Crippen LogP contribution in [0, 0.1) is 6.92 Å². The molecule has 3 heteroatoms. The molecule has 0 aliphatic carbocycles. The van der Waals surface area contributed by atoms with Crippen LogP contribution in [0.3, 0.4) is 0 Å². The van der Waals surface area contributed by atoms with Gasteiger partial charge in [-0.3, -0.25) is 0 Å². The minimum atomic E-state index is 0.357. The molecule has 84 valence electrons. The van der Waals surface area contributed by atoms with Crippen LogP contribution in [0.1, 0.15) is 11.1 Å². The van der Waals surface area contributed by atoms with Crippen LogP contribution in [0.5, 0.6) is 0 Å². The first-order valence-electron chi connectivity index (χ1n) is 5.08. The average Bonchev–Trinajstić information content (AvgIpc) is 2.23. The molecule has 0 spiro atoms. The van der Waals surface area contributed by atoms with Gasteiger partial charge in [0.15, 0.2) is 0 Å². The van der Waals surface area contributed by atoms with E-state index in [1.807, 2.05) is 20.0 Å². The molecule has 0 aliphatic rings. The lowest BCUT2D eigenvalue weighted by Crippen LogP contribution is -2.32. The second-order valence-corrected chi connectivity index (χ2v) is 4.14. The normalized spacial score (nSPS) is 12.8. The Kier molecular flexibility index (Phi) is 5.09. The molecule has 1 N–H and O–H groups in total. The Morgan fingerprint density at radius 3 is 2.73 bits per heavy atom. The van der Waals surface area contributed by atoms with E-state index in [4.69, 9.17) is 16.3 Å². The Balaban J connectivity index is 2.66. The Bertz CT molecular complexity index is 314. The van der Waals surface area contributed by atoms with Gasteiger partial charge >= 0.3 is 0 Å². The number of likely N-dealkylation sites (N-methyl/N-ethyl adjacent to an activating group) is 1. The van der Waals surface area contributed by atoms with Crippen molar-refractivity contribution in [1.82, 2.24) is 5.32 Å². The van der Waals surface area contributed by atoms with E-state index in [0.29, 0.717) is 6.04 Å². The number of benzene rings is 1. The second-order valence-electron chi connectivity index (χ2n) is 3.73. The fraction of sp³-hybridized carbons (Fsp3) is 0.500. The molecule has 0 bridgehead atoms. The third kappa shape index (κ3) is 3.82. The van der Waals surface area contributed by atoms with Crippen molar-refractivity contribution in [2.45, 2.75) is 19.4 Å². The van der Waals surface area contributed by atoms with Crippen molar-refractivity contribution in [3.8, 4) is 0 Å². The van der Waals surface area contributed by atoms with Crippen molar-refractivity contribution in [1.29, 1.82) is 0 Å².